The summed E-state index contributed by atoms with van der Waals surface area (Å²) in [6, 6.07) is 0. The van der Waals surface area contributed by atoms with E-state index in [1.54, 1.807) is 0 Å². The second-order valence-electron chi connectivity index (χ2n) is 16.6. The Morgan fingerprint density at radius 1 is 0.364 bits per heavy atom. The van der Waals surface area contributed by atoms with Gasteiger partial charge in [0.2, 0.25) is 0 Å². The molecule has 0 aliphatic carbocycles. The van der Waals surface area contributed by atoms with E-state index >= 15 is 0 Å². The third-order valence-electron chi connectivity index (χ3n) is 10.5. The number of carbonyl (C=O) groups is 2. The number of unbranched alkanes of at least 4 members (excludes halogenated alkanes) is 22. The normalized spacial score (nSPS) is 12.5. The average Bonchev–Trinajstić information content (AvgIpc) is 2.95. The molecule has 2 nitrogen and oxygen atoms in total. The fourth-order valence-electron chi connectivity index (χ4n) is 6.70. The maximum Gasteiger partial charge on any atom is 0.146 e. The molecule has 0 spiro atoms. The van der Waals surface area contributed by atoms with Gasteiger partial charge in [0, 0.05) is 12.8 Å². The molecule has 0 saturated heterocycles. The number of carbonyl (C=O) groups excluding carboxylic acids is 2. The standard InChI is InChI=1S/C42H82O2/c1-37(2)33-29-25-21-17-13-9-11-15-19-23-27-31-35-39(43)42(8,41(5,6)7)40(44)36-32-28-24-20-16-12-10-14-18-22-26-30-34-38(3)4/h37-38H,9-36H2,1-8H3. The quantitative estimate of drug-likeness (QED) is 0.0555. The van der Waals surface area contributed by atoms with Crippen molar-refractivity contribution in [2.24, 2.45) is 22.7 Å². The van der Waals surface area contributed by atoms with E-state index in [2.05, 4.69) is 48.5 Å². The summed E-state index contributed by atoms with van der Waals surface area (Å²) in [6.45, 7) is 17.5. The first-order valence-electron chi connectivity index (χ1n) is 20.0. The van der Waals surface area contributed by atoms with Crippen molar-refractivity contribution in [2.45, 2.75) is 235 Å². The first-order valence-corrected chi connectivity index (χ1v) is 20.0. The van der Waals surface area contributed by atoms with Crippen LogP contribution in [0, 0.1) is 22.7 Å². The lowest BCUT2D eigenvalue weighted by molar-refractivity contribution is -0.147. The zero-order chi connectivity index (χ0) is 33.1. The molecule has 0 aromatic heterocycles. The number of ketones is 2. The van der Waals surface area contributed by atoms with Gasteiger partial charge < -0.3 is 0 Å². The van der Waals surface area contributed by atoms with Crippen LogP contribution in [-0.4, -0.2) is 11.6 Å². The topological polar surface area (TPSA) is 34.1 Å². The predicted octanol–water partition coefficient (Wildman–Crippen LogP) is 14.4. The van der Waals surface area contributed by atoms with Gasteiger partial charge >= 0.3 is 0 Å². The van der Waals surface area contributed by atoms with Crippen molar-refractivity contribution < 1.29 is 9.59 Å². The molecule has 0 rings (SSSR count). The lowest BCUT2D eigenvalue weighted by Crippen LogP contribution is -2.47. The van der Waals surface area contributed by atoms with E-state index in [1.807, 2.05) is 6.92 Å². The maximum atomic E-state index is 13.4. The van der Waals surface area contributed by atoms with E-state index in [0.29, 0.717) is 12.8 Å². The fourth-order valence-corrected chi connectivity index (χ4v) is 6.70. The maximum absolute atomic E-state index is 13.4. The Morgan fingerprint density at radius 3 is 0.773 bits per heavy atom. The van der Waals surface area contributed by atoms with Crippen LogP contribution in [-0.2, 0) is 9.59 Å². The van der Waals surface area contributed by atoms with E-state index in [9.17, 15) is 9.59 Å². The van der Waals surface area contributed by atoms with Gasteiger partial charge in [-0.15, -0.1) is 0 Å². The number of hydrogen-bond donors (Lipinski definition) is 0. The monoisotopic (exact) mass is 619 g/mol. The van der Waals surface area contributed by atoms with Crippen molar-refractivity contribution in [2.75, 3.05) is 0 Å². The van der Waals surface area contributed by atoms with E-state index in [0.717, 1.165) is 37.5 Å². The van der Waals surface area contributed by atoms with Crippen molar-refractivity contribution in [1.29, 1.82) is 0 Å². The van der Waals surface area contributed by atoms with Crippen LogP contribution in [0.5, 0.6) is 0 Å². The van der Waals surface area contributed by atoms with Crippen LogP contribution in [0.1, 0.15) is 235 Å². The van der Waals surface area contributed by atoms with E-state index in [4.69, 9.17) is 0 Å². The van der Waals surface area contributed by atoms with Crippen molar-refractivity contribution in [3.8, 4) is 0 Å². The summed E-state index contributed by atoms with van der Waals surface area (Å²) >= 11 is 0. The van der Waals surface area contributed by atoms with Crippen LogP contribution >= 0.6 is 0 Å². The molecular formula is C42H82O2. The first kappa shape index (κ1) is 43.3. The highest BCUT2D eigenvalue weighted by molar-refractivity contribution is 6.07. The second-order valence-corrected chi connectivity index (χ2v) is 16.6. The molecule has 0 bridgehead atoms. The summed E-state index contributed by atoms with van der Waals surface area (Å²) in [6.07, 6.45) is 35.3. The predicted molar refractivity (Wildman–Crippen MR) is 197 cm³/mol. The Labute approximate surface area is 278 Å². The molecule has 0 amide bonds. The van der Waals surface area contributed by atoms with Gasteiger partial charge in [-0.1, -0.05) is 203 Å². The zero-order valence-corrected chi connectivity index (χ0v) is 31.8. The minimum absolute atomic E-state index is 0.184. The highest BCUT2D eigenvalue weighted by Gasteiger charge is 2.48. The van der Waals surface area contributed by atoms with Crippen LogP contribution in [0.2, 0.25) is 0 Å². The minimum Gasteiger partial charge on any atom is -0.299 e. The minimum atomic E-state index is -0.851. The lowest BCUT2D eigenvalue weighted by Gasteiger charge is -2.39. The molecule has 0 aliphatic heterocycles. The molecule has 0 N–H and O–H groups in total. The molecule has 0 aromatic rings. The van der Waals surface area contributed by atoms with E-state index in [1.165, 1.54) is 141 Å². The number of Topliss-reactive ketones (excluding diaryl/α,β-unsaturated/α-hetero) is 2. The van der Waals surface area contributed by atoms with Crippen molar-refractivity contribution in [3.63, 3.8) is 0 Å². The zero-order valence-electron chi connectivity index (χ0n) is 31.8. The molecule has 44 heavy (non-hydrogen) atoms. The largest absolute Gasteiger partial charge is 0.299 e. The molecule has 0 atom stereocenters. The lowest BCUT2D eigenvalue weighted by atomic mass is 9.61. The number of rotatable bonds is 32. The third kappa shape index (κ3) is 22.8. The van der Waals surface area contributed by atoms with Gasteiger partial charge in [0.1, 0.15) is 11.6 Å². The molecule has 2 heteroatoms. The van der Waals surface area contributed by atoms with Crippen LogP contribution in [0.25, 0.3) is 0 Å². The molecule has 262 valence electrons. The van der Waals surface area contributed by atoms with E-state index < -0.39 is 5.41 Å². The molecular weight excluding hydrogens is 536 g/mol. The summed E-state index contributed by atoms with van der Waals surface area (Å²) in [4.78, 5) is 26.9. The molecule has 0 radical (unpaired) electrons. The molecule has 0 aromatic carbocycles. The first-order chi connectivity index (χ1) is 20.9. The SMILES string of the molecule is CC(C)CCCCCCCCCCCCCCC(=O)C(C)(C(=O)CCCCCCCCCCCCCCC(C)C)C(C)(C)C. The Balaban J connectivity index is 3.95. The smallest absolute Gasteiger partial charge is 0.146 e. The Hall–Kier alpha value is -0.660. The highest BCUT2D eigenvalue weighted by atomic mass is 16.2. The molecule has 0 unspecified atom stereocenters. The van der Waals surface area contributed by atoms with Gasteiger partial charge in [0.05, 0.1) is 5.41 Å². The summed E-state index contributed by atoms with van der Waals surface area (Å²) < 4.78 is 0. The van der Waals surface area contributed by atoms with Crippen LogP contribution in [0.15, 0.2) is 0 Å². The summed E-state index contributed by atoms with van der Waals surface area (Å²) in [7, 11) is 0. The van der Waals surface area contributed by atoms with Gasteiger partial charge in [0.25, 0.3) is 0 Å². The van der Waals surface area contributed by atoms with Gasteiger partial charge in [-0.3, -0.25) is 9.59 Å². The Morgan fingerprint density at radius 2 is 0.568 bits per heavy atom. The molecule has 0 saturated carbocycles. The van der Waals surface area contributed by atoms with Crippen LogP contribution in [0.4, 0.5) is 0 Å². The van der Waals surface area contributed by atoms with Crippen molar-refractivity contribution in [3.05, 3.63) is 0 Å². The number of hydrogen-bond acceptors (Lipinski definition) is 2. The van der Waals surface area contributed by atoms with Crippen LogP contribution < -0.4 is 0 Å². The van der Waals surface area contributed by atoms with Gasteiger partial charge in [-0.25, -0.2) is 0 Å². The van der Waals surface area contributed by atoms with Gasteiger partial charge in [-0.05, 0) is 37.0 Å². The summed E-state index contributed by atoms with van der Waals surface area (Å²) in [5.74, 6) is 2.07. The van der Waals surface area contributed by atoms with Crippen molar-refractivity contribution in [1.82, 2.24) is 0 Å². The average molecular weight is 619 g/mol. The molecule has 0 fully saturated rings. The second kappa shape index (κ2) is 27.5. The van der Waals surface area contributed by atoms with Crippen LogP contribution in [0.3, 0.4) is 0 Å². The third-order valence-corrected chi connectivity index (χ3v) is 10.5. The van der Waals surface area contributed by atoms with E-state index in [-0.39, 0.29) is 17.0 Å². The molecule has 0 heterocycles. The van der Waals surface area contributed by atoms with Gasteiger partial charge in [0.15, 0.2) is 0 Å². The van der Waals surface area contributed by atoms with Gasteiger partial charge in [-0.2, -0.15) is 0 Å². The summed E-state index contributed by atoms with van der Waals surface area (Å²) in [5.41, 5.74) is -1.18. The Kier molecular flexibility index (Phi) is 27.0. The molecule has 0 aliphatic rings. The van der Waals surface area contributed by atoms with Crippen molar-refractivity contribution >= 4 is 11.6 Å². The fraction of sp³-hybridized carbons (Fsp3) is 0.952. The highest BCUT2D eigenvalue weighted by Crippen LogP contribution is 2.42. The summed E-state index contributed by atoms with van der Waals surface area (Å²) in [5, 5.41) is 0. The Bertz CT molecular complexity index is 620.